The fourth-order valence-electron chi connectivity index (χ4n) is 3.17. The fraction of sp³-hybridized carbons (Fsp3) is 0.391. The van der Waals surface area contributed by atoms with E-state index in [1.54, 1.807) is 6.92 Å². The Morgan fingerprint density at radius 3 is 2.18 bits per heavy atom. The average molecular weight is 549 g/mol. The lowest BCUT2D eigenvalue weighted by Crippen LogP contribution is -2.51. The first-order valence-corrected chi connectivity index (χ1v) is 13.6. The van der Waals surface area contributed by atoms with E-state index >= 15 is 0 Å². The van der Waals surface area contributed by atoms with Crippen molar-refractivity contribution in [3.8, 4) is 0 Å². The standard InChI is InChI=1S/C23H28Cl3N3O4S/c1-5-10-27-23(31)16(3)28(13-17-8-6-15(2)7-9-17)22(30)14-29(34(4,32)33)21-12-19(25)18(24)11-20(21)26/h6-9,11-12,16H,5,10,13-14H2,1-4H3,(H,27,31)/t16-/m1/s1. The number of hydrogen-bond donors (Lipinski definition) is 1. The van der Waals surface area contributed by atoms with E-state index < -0.39 is 28.5 Å². The van der Waals surface area contributed by atoms with Gasteiger partial charge in [0.2, 0.25) is 21.8 Å². The SMILES string of the molecule is CCCNC(=O)[C@@H](C)N(Cc1ccc(C)cc1)C(=O)CN(c1cc(Cl)c(Cl)cc1Cl)S(C)(=O)=O. The zero-order chi connectivity index (χ0) is 25.6. The lowest BCUT2D eigenvalue weighted by Gasteiger charge is -2.31. The lowest BCUT2D eigenvalue weighted by molar-refractivity contribution is -0.139. The number of nitrogens with zero attached hydrogens (tertiary/aromatic N) is 2. The van der Waals surface area contributed by atoms with Crippen molar-refractivity contribution in [3.63, 3.8) is 0 Å². The van der Waals surface area contributed by atoms with E-state index in [0.29, 0.717) is 6.54 Å². The van der Waals surface area contributed by atoms with Crippen molar-refractivity contribution in [1.29, 1.82) is 0 Å². The summed E-state index contributed by atoms with van der Waals surface area (Å²) in [5.74, 6) is -0.909. The number of rotatable bonds is 10. The molecule has 0 aliphatic rings. The van der Waals surface area contributed by atoms with E-state index in [2.05, 4.69) is 5.32 Å². The van der Waals surface area contributed by atoms with Gasteiger partial charge in [0, 0.05) is 13.1 Å². The van der Waals surface area contributed by atoms with Crippen LogP contribution in [0.2, 0.25) is 15.1 Å². The van der Waals surface area contributed by atoms with E-state index in [9.17, 15) is 18.0 Å². The van der Waals surface area contributed by atoms with E-state index in [1.807, 2.05) is 38.1 Å². The van der Waals surface area contributed by atoms with Gasteiger partial charge in [-0.05, 0) is 38.0 Å². The molecule has 0 saturated carbocycles. The van der Waals surface area contributed by atoms with Gasteiger partial charge in [0.05, 0.1) is 27.0 Å². The number of nitrogens with one attached hydrogen (secondary N) is 1. The zero-order valence-electron chi connectivity index (χ0n) is 19.4. The number of carbonyl (C=O) groups excluding carboxylic acids is 2. The molecule has 11 heteroatoms. The third kappa shape index (κ3) is 7.50. The van der Waals surface area contributed by atoms with E-state index in [0.717, 1.165) is 28.1 Å². The van der Waals surface area contributed by atoms with Crippen molar-refractivity contribution in [2.75, 3.05) is 23.7 Å². The van der Waals surface area contributed by atoms with Crippen LogP contribution in [-0.2, 0) is 26.2 Å². The predicted octanol–water partition coefficient (Wildman–Crippen LogP) is 4.66. The van der Waals surface area contributed by atoms with Crippen LogP contribution in [0.1, 0.15) is 31.4 Å². The second kappa shape index (κ2) is 12.1. The minimum Gasteiger partial charge on any atom is -0.354 e. The van der Waals surface area contributed by atoms with Crippen LogP contribution >= 0.6 is 34.8 Å². The highest BCUT2D eigenvalue weighted by molar-refractivity contribution is 7.92. The van der Waals surface area contributed by atoms with Gasteiger partial charge >= 0.3 is 0 Å². The minimum absolute atomic E-state index is 0.0188. The Morgan fingerprint density at radius 2 is 1.62 bits per heavy atom. The Bertz CT molecular complexity index is 1140. The van der Waals surface area contributed by atoms with Crippen molar-refractivity contribution in [3.05, 3.63) is 62.6 Å². The maximum Gasteiger partial charge on any atom is 0.244 e. The first-order chi connectivity index (χ1) is 15.8. The van der Waals surface area contributed by atoms with Crippen molar-refractivity contribution < 1.29 is 18.0 Å². The number of amides is 2. The normalized spacial score (nSPS) is 12.2. The molecule has 0 aliphatic carbocycles. The molecule has 186 valence electrons. The molecule has 0 heterocycles. The molecule has 0 bridgehead atoms. The van der Waals surface area contributed by atoms with Crippen LogP contribution in [0, 0.1) is 6.92 Å². The van der Waals surface area contributed by atoms with Crippen LogP contribution in [-0.4, -0.2) is 50.5 Å². The highest BCUT2D eigenvalue weighted by Crippen LogP contribution is 2.35. The summed E-state index contributed by atoms with van der Waals surface area (Å²) >= 11 is 18.3. The summed E-state index contributed by atoms with van der Waals surface area (Å²) in [6.45, 7) is 5.47. The molecular formula is C23H28Cl3N3O4S. The molecule has 1 N–H and O–H groups in total. The Hall–Kier alpha value is -2.00. The second-order valence-electron chi connectivity index (χ2n) is 7.96. The number of hydrogen-bond acceptors (Lipinski definition) is 4. The van der Waals surface area contributed by atoms with Gasteiger partial charge < -0.3 is 10.2 Å². The van der Waals surface area contributed by atoms with E-state index in [1.165, 1.54) is 17.0 Å². The summed E-state index contributed by atoms with van der Waals surface area (Å²) in [6, 6.07) is 9.28. The molecule has 2 amide bonds. The van der Waals surface area contributed by atoms with Gasteiger partial charge in [0.15, 0.2) is 0 Å². The van der Waals surface area contributed by atoms with Crippen LogP contribution in [0.3, 0.4) is 0 Å². The third-order valence-electron chi connectivity index (χ3n) is 5.13. The van der Waals surface area contributed by atoms with Gasteiger partial charge in [-0.3, -0.25) is 13.9 Å². The average Bonchev–Trinajstić information content (AvgIpc) is 2.76. The van der Waals surface area contributed by atoms with Crippen LogP contribution in [0.25, 0.3) is 0 Å². The first-order valence-electron chi connectivity index (χ1n) is 10.6. The monoisotopic (exact) mass is 547 g/mol. The lowest BCUT2D eigenvalue weighted by atomic mass is 10.1. The van der Waals surface area contributed by atoms with Gasteiger partial charge in [0.1, 0.15) is 12.6 Å². The quantitative estimate of drug-likeness (QED) is 0.437. The molecule has 0 radical (unpaired) electrons. The molecule has 0 spiro atoms. The number of anilines is 1. The number of halogens is 3. The number of sulfonamides is 1. The van der Waals surface area contributed by atoms with Crippen molar-refractivity contribution in [2.45, 2.75) is 39.8 Å². The Morgan fingerprint density at radius 1 is 1.03 bits per heavy atom. The highest BCUT2D eigenvalue weighted by Gasteiger charge is 2.31. The summed E-state index contributed by atoms with van der Waals surface area (Å²) in [6.07, 6.45) is 1.70. The Balaban J connectivity index is 2.43. The molecule has 2 aromatic rings. The van der Waals surface area contributed by atoms with Crippen molar-refractivity contribution in [1.82, 2.24) is 10.2 Å². The molecule has 0 fully saturated rings. The second-order valence-corrected chi connectivity index (χ2v) is 11.1. The summed E-state index contributed by atoms with van der Waals surface area (Å²) in [5, 5.41) is 3.04. The van der Waals surface area contributed by atoms with Crippen molar-refractivity contribution in [2.24, 2.45) is 0 Å². The number of carbonyl (C=O) groups is 2. The third-order valence-corrected chi connectivity index (χ3v) is 7.28. The van der Waals surface area contributed by atoms with Gasteiger partial charge in [-0.25, -0.2) is 8.42 Å². The van der Waals surface area contributed by atoms with Gasteiger partial charge in [-0.1, -0.05) is 71.6 Å². The van der Waals surface area contributed by atoms with Crippen LogP contribution < -0.4 is 9.62 Å². The summed E-state index contributed by atoms with van der Waals surface area (Å²) in [4.78, 5) is 27.5. The van der Waals surface area contributed by atoms with Crippen molar-refractivity contribution >= 4 is 62.3 Å². The Kier molecular flexibility index (Phi) is 10.1. The largest absolute Gasteiger partial charge is 0.354 e. The maximum absolute atomic E-state index is 13.5. The van der Waals surface area contributed by atoms with Crippen LogP contribution in [0.4, 0.5) is 5.69 Å². The number of aryl methyl sites for hydroxylation is 1. The Labute approximate surface area is 216 Å². The molecule has 7 nitrogen and oxygen atoms in total. The first kappa shape index (κ1) is 28.2. The predicted molar refractivity (Wildman–Crippen MR) is 138 cm³/mol. The molecular weight excluding hydrogens is 521 g/mol. The van der Waals surface area contributed by atoms with E-state index in [4.69, 9.17) is 34.8 Å². The topological polar surface area (TPSA) is 86.8 Å². The smallest absolute Gasteiger partial charge is 0.244 e. The summed E-state index contributed by atoms with van der Waals surface area (Å²) in [5.41, 5.74) is 1.87. The van der Waals surface area contributed by atoms with Crippen LogP contribution in [0.5, 0.6) is 0 Å². The molecule has 2 aromatic carbocycles. The molecule has 0 aliphatic heterocycles. The maximum atomic E-state index is 13.5. The minimum atomic E-state index is -3.94. The molecule has 2 rings (SSSR count). The molecule has 1 atom stereocenters. The fourth-order valence-corrected chi connectivity index (χ4v) is 4.71. The molecule has 0 unspecified atom stereocenters. The molecule has 34 heavy (non-hydrogen) atoms. The molecule has 0 aromatic heterocycles. The highest BCUT2D eigenvalue weighted by atomic mass is 35.5. The van der Waals surface area contributed by atoms with Gasteiger partial charge in [-0.2, -0.15) is 0 Å². The molecule has 0 saturated heterocycles. The summed E-state index contributed by atoms with van der Waals surface area (Å²) < 4.78 is 26.1. The summed E-state index contributed by atoms with van der Waals surface area (Å²) in [7, 11) is -3.94. The van der Waals surface area contributed by atoms with Gasteiger partial charge in [-0.15, -0.1) is 0 Å². The van der Waals surface area contributed by atoms with E-state index in [-0.39, 0.29) is 33.2 Å². The van der Waals surface area contributed by atoms with Crippen LogP contribution in [0.15, 0.2) is 36.4 Å². The van der Waals surface area contributed by atoms with Gasteiger partial charge in [0.25, 0.3) is 0 Å². The zero-order valence-corrected chi connectivity index (χ0v) is 22.5. The number of benzene rings is 2.